The molecule has 1 spiro atoms. The van der Waals surface area contributed by atoms with E-state index in [1.165, 1.54) is 5.56 Å². The van der Waals surface area contributed by atoms with Crippen molar-refractivity contribution in [1.82, 2.24) is 10.2 Å². The minimum atomic E-state index is -0.764. The van der Waals surface area contributed by atoms with Gasteiger partial charge in [-0.1, -0.05) is 58.7 Å². The van der Waals surface area contributed by atoms with Gasteiger partial charge in [0.25, 0.3) is 5.91 Å². The molecular weight excluding hydrogens is 328 g/mol. The number of carbonyl (C=O) groups is 3. The Morgan fingerprint density at radius 1 is 1.12 bits per heavy atom. The van der Waals surface area contributed by atoms with Gasteiger partial charge in [-0.05, 0) is 35.8 Å². The third-order valence-electron chi connectivity index (χ3n) is 5.67. The van der Waals surface area contributed by atoms with E-state index in [1.54, 1.807) is 0 Å². The number of imide groups is 1. The monoisotopic (exact) mass is 356 g/mol. The van der Waals surface area contributed by atoms with Crippen LogP contribution in [-0.4, -0.2) is 34.7 Å². The molecule has 5 nitrogen and oxygen atoms in total. The summed E-state index contributed by atoms with van der Waals surface area (Å²) in [5, 5.41) is 2.83. The van der Waals surface area contributed by atoms with Crippen molar-refractivity contribution in [3.05, 3.63) is 34.9 Å². The Hall–Kier alpha value is -2.17. The van der Waals surface area contributed by atoms with Crippen molar-refractivity contribution in [2.24, 2.45) is 0 Å². The van der Waals surface area contributed by atoms with Gasteiger partial charge < -0.3 is 5.32 Å². The SMILES string of the molecule is CC(C)c1ccc(C(=O)CN2C(=O)NC3(CCCC3)C2=O)c(C(C)C)c1. The van der Waals surface area contributed by atoms with Gasteiger partial charge in [0.2, 0.25) is 0 Å². The molecule has 140 valence electrons. The number of Topliss-reactive ketones (excluding diaryl/α,β-unsaturated/α-hetero) is 1. The number of amides is 3. The number of benzene rings is 1. The van der Waals surface area contributed by atoms with Crippen molar-refractivity contribution < 1.29 is 14.4 Å². The minimum absolute atomic E-state index is 0.178. The van der Waals surface area contributed by atoms with Crippen molar-refractivity contribution in [1.29, 1.82) is 0 Å². The van der Waals surface area contributed by atoms with Crippen LogP contribution in [-0.2, 0) is 4.79 Å². The quantitative estimate of drug-likeness (QED) is 0.641. The third-order valence-corrected chi connectivity index (χ3v) is 5.67. The summed E-state index contributed by atoms with van der Waals surface area (Å²) in [4.78, 5) is 39.1. The van der Waals surface area contributed by atoms with E-state index in [0.29, 0.717) is 24.3 Å². The van der Waals surface area contributed by atoms with Crippen LogP contribution in [0.3, 0.4) is 0 Å². The van der Waals surface area contributed by atoms with Crippen LogP contribution in [0.4, 0.5) is 4.79 Å². The molecule has 0 atom stereocenters. The van der Waals surface area contributed by atoms with Crippen molar-refractivity contribution >= 4 is 17.7 Å². The van der Waals surface area contributed by atoms with Gasteiger partial charge in [0.15, 0.2) is 5.78 Å². The molecule has 0 bridgehead atoms. The van der Waals surface area contributed by atoms with E-state index in [4.69, 9.17) is 0 Å². The molecule has 1 N–H and O–H groups in total. The van der Waals surface area contributed by atoms with Crippen molar-refractivity contribution in [2.75, 3.05) is 6.54 Å². The van der Waals surface area contributed by atoms with E-state index in [2.05, 4.69) is 39.1 Å². The first-order chi connectivity index (χ1) is 12.2. The largest absolute Gasteiger partial charge is 0.325 e. The maximum Gasteiger partial charge on any atom is 0.325 e. The maximum absolute atomic E-state index is 12.9. The third kappa shape index (κ3) is 3.15. The summed E-state index contributed by atoms with van der Waals surface area (Å²) in [5.74, 6) is 0.155. The molecule has 3 amide bonds. The average molecular weight is 356 g/mol. The molecule has 0 aromatic heterocycles. The summed E-state index contributed by atoms with van der Waals surface area (Å²) in [7, 11) is 0. The number of nitrogens with zero attached hydrogens (tertiary/aromatic N) is 1. The number of hydrogen-bond donors (Lipinski definition) is 1. The van der Waals surface area contributed by atoms with Crippen LogP contribution in [0.25, 0.3) is 0 Å². The highest BCUT2D eigenvalue weighted by atomic mass is 16.2. The number of urea groups is 1. The molecule has 0 radical (unpaired) electrons. The lowest BCUT2D eigenvalue weighted by Crippen LogP contribution is -2.44. The van der Waals surface area contributed by atoms with Crippen molar-refractivity contribution in [2.45, 2.75) is 70.8 Å². The maximum atomic E-state index is 12.9. The van der Waals surface area contributed by atoms with Gasteiger partial charge in [-0.15, -0.1) is 0 Å². The Kier molecular flexibility index (Phi) is 4.91. The zero-order valence-corrected chi connectivity index (χ0v) is 16.1. The van der Waals surface area contributed by atoms with E-state index >= 15 is 0 Å². The first kappa shape index (κ1) is 18.6. The predicted molar refractivity (Wildman–Crippen MR) is 100 cm³/mol. The van der Waals surface area contributed by atoms with Gasteiger partial charge in [-0.3, -0.25) is 14.5 Å². The van der Waals surface area contributed by atoms with Gasteiger partial charge in [0.1, 0.15) is 5.54 Å². The standard InChI is InChI=1S/C21H28N2O3/c1-13(2)15-7-8-16(17(11-15)14(3)4)18(24)12-23-19(25)21(22-20(23)26)9-5-6-10-21/h7-8,11,13-14H,5-6,9-10,12H2,1-4H3,(H,22,26). The fourth-order valence-corrected chi connectivity index (χ4v) is 4.04. The Labute approximate surface area is 155 Å². The lowest BCUT2D eigenvalue weighted by atomic mass is 9.89. The lowest BCUT2D eigenvalue weighted by Gasteiger charge is -2.20. The summed E-state index contributed by atoms with van der Waals surface area (Å²) < 4.78 is 0. The van der Waals surface area contributed by atoms with Gasteiger partial charge in [-0.2, -0.15) is 0 Å². The summed E-state index contributed by atoms with van der Waals surface area (Å²) in [6.45, 7) is 8.16. The summed E-state index contributed by atoms with van der Waals surface area (Å²) in [6.07, 6.45) is 3.20. The number of ketones is 1. The number of rotatable bonds is 5. The number of nitrogens with one attached hydrogen (secondary N) is 1. The molecular formula is C21H28N2O3. The van der Waals surface area contributed by atoms with Crippen LogP contribution in [0.15, 0.2) is 18.2 Å². The molecule has 1 saturated heterocycles. The molecule has 1 aromatic carbocycles. The molecule has 2 fully saturated rings. The molecule has 5 heteroatoms. The Morgan fingerprint density at radius 2 is 1.77 bits per heavy atom. The summed E-state index contributed by atoms with van der Waals surface area (Å²) in [6, 6.07) is 5.45. The fraction of sp³-hybridized carbons (Fsp3) is 0.571. The highest BCUT2D eigenvalue weighted by molar-refractivity contribution is 6.11. The number of carbonyl (C=O) groups excluding carboxylic acids is 3. The van der Waals surface area contributed by atoms with Crippen LogP contribution in [0.1, 0.15) is 86.7 Å². The van der Waals surface area contributed by atoms with Gasteiger partial charge in [0, 0.05) is 5.56 Å². The first-order valence-corrected chi connectivity index (χ1v) is 9.56. The predicted octanol–water partition coefficient (Wildman–Crippen LogP) is 3.98. The van der Waals surface area contributed by atoms with Crippen LogP contribution in [0.2, 0.25) is 0 Å². The Balaban J connectivity index is 1.84. The second-order valence-electron chi connectivity index (χ2n) is 8.19. The first-order valence-electron chi connectivity index (χ1n) is 9.56. The molecule has 1 aliphatic heterocycles. The van der Waals surface area contributed by atoms with Crippen LogP contribution in [0.5, 0.6) is 0 Å². The fourth-order valence-electron chi connectivity index (χ4n) is 4.04. The van der Waals surface area contributed by atoms with Crippen molar-refractivity contribution in [3.8, 4) is 0 Å². The topological polar surface area (TPSA) is 66.5 Å². The molecule has 1 saturated carbocycles. The normalized spacial score (nSPS) is 19.1. The lowest BCUT2D eigenvalue weighted by molar-refractivity contribution is -0.130. The van der Waals surface area contributed by atoms with E-state index in [9.17, 15) is 14.4 Å². The zero-order valence-electron chi connectivity index (χ0n) is 16.1. The highest BCUT2D eigenvalue weighted by Gasteiger charge is 2.52. The molecule has 1 aliphatic carbocycles. The summed E-state index contributed by atoms with van der Waals surface area (Å²) in [5.41, 5.74) is 2.01. The second kappa shape index (κ2) is 6.86. The summed E-state index contributed by atoms with van der Waals surface area (Å²) >= 11 is 0. The zero-order chi connectivity index (χ0) is 19.1. The molecule has 26 heavy (non-hydrogen) atoms. The van der Waals surface area contributed by atoms with Gasteiger partial charge >= 0.3 is 6.03 Å². The van der Waals surface area contributed by atoms with Crippen LogP contribution >= 0.6 is 0 Å². The van der Waals surface area contributed by atoms with E-state index in [-0.39, 0.29) is 24.2 Å². The Morgan fingerprint density at radius 3 is 2.35 bits per heavy atom. The molecule has 2 aliphatic rings. The van der Waals surface area contributed by atoms with Crippen LogP contribution in [0, 0.1) is 0 Å². The molecule has 1 aromatic rings. The van der Waals surface area contributed by atoms with Gasteiger partial charge in [-0.25, -0.2) is 4.79 Å². The molecule has 3 rings (SSSR count). The smallest absolute Gasteiger partial charge is 0.323 e. The van der Waals surface area contributed by atoms with Crippen molar-refractivity contribution in [3.63, 3.8) is 0 Å². The van der Waals surface area contributed by atoms with E-state index in [1.807, 2.05) is 12.1 Å². The second-order valence-corrected chi connectivity index (χ2v) is 8.19. The van der Waals surface area contributed by atoms with Crippen LogP contribution < -0.4 is 5.32 Å². The number of hydrogen-bond acceptors (Lipinski definition) is 3. The molecule has 1 heterocycles. The Bertz CT molecular complexity index is 746. The highest BCUT2D eigenvalue weighted by Crippen LogP contribution is 2.35. The molecule has 0 unspecified atom stereocenters. The average Bonchev–Trinajstić information content (AvgIpc) is 3.15. The minimum Gasteiger partial charge on any atom is -0.323 e. The van der Waals surface area contributed by atoms with E-state index < -0.39 is 11.6 Å². The van der Waals surface area contributed by atoms with E-state index in [0.717, 1.165) is 23.3 Å². The van der Waals surface area contributed by atoms with Gasteiger partial charge in [0.05, 0.1) is 6.54 Å².